The van der Waals surface area contributed by atoms with Gasteiger partial charge in [-0.25, -0.2) is 0 Å². The smallest absolute Gasteiger partial charge is 0.257 e. The molecule has 1 aromatic heterocycles. The Morgan fingerprint density at radius 1 is 1.04 bits per heavy atom. The molecule has 26 heavy (non-hydrogen) atoms. The van der Waals surface area contributed by atoms with Crippen molar-refractivity contribution in [1.29, 1.82) is 0 Å². The number of nitrogens with one attached hydrogen (secondary N) is 1. The molecule has 0 atom stereocenters. The third-order valence-corrected chi connectivity index (χ3v) is 4.53. The highest BCUT2D eigenvalue weighted by atomic mass is 35.5. The summed E-state index contributed by atoms with van der Waals surface area (Å²) in [5.74, 6) is -0.262. The number of pyridine rings is 1. The maximum atomic E-state index is 12.5. The summed E-state index contributed by atoms with van der Waals surface area (Å²) in [5.41, 5.74) is 2.97. The monoisotopic (exact) mass is 366 g/mol. The van der Waals surface area contributed by atoms with Crippen LogP contribution in [0, 0.1) is 0 Å². The number of aromatic nitrogens is 1. The van der Waals surface area contributed by atoms with Crippen molar-refractivity contribution in [2.75, 3.05) is 5.32 Å². The lowest BCUT2D eigenvalue weighted by atomic mass is 10.1. The Morgan fingerprint density at radius 3 is 2.46 bits per heavy atom. The molecule has 4 nitrogen and oxygen atoms in total. The van der Waals surface area contributed by atoms with Crippen LogP contribution in [0.25, 0.3) is 0 Å². The minimum Gasteiger partial charge on any atom is -0.322 e. The molecule has 0 spiro atoms. The Bertz CT molecular complexity index is 978. The molecule has 2 aromatic carbocycles. The van der Waals surface area contributed by atoms with Gasteiger partial charge in [0.15, 0.2) is 0 Å². The Kier molecular flexibility index (Phi) is 5.54. The number of hydrogen-bond acceptors (Lipinski definition) is 2. The highest BCUT2D eigenvalue weighted by Gasteiger charge is 2.09. The van der Waals surface area contributed by atoms with Gasteiger partial charge in [-0.3, -0.25) is 9.59 Å². The second-order valence-electron chi connectivity index (χ2n) is 5.98. The molecule has 3 rings (SSSR count). The van der Waals surface area contributed by atoms with Crippen LogP contribution in [0.2, 0.25) is 5.02 Å². The summed E-state index contributed by atoms with van der Waals surface area (Å²) in [6.45, 7) is 2.39. The quantitative estimate of drug-likeness (QED) is 0.729. The van der Waals surface area contributed by atoms with Gasteiger partial charge in [-0.2, -0.15) is 0 Å². The lowest BCUT2D eigenvalue weighted by Gasteiger charge is -2.10. The molecule has 0 aliphatic rings. The van der Waals surface area contributed by atoms with Crippen LogP contribution in [0.1, 0.15) is 28.4 Å². The SMILES string of the molecule is CCc1ccc(NC(=O)c2ccc(=O)n(Cc3ccccc3Cl)c2)cc1. The minimum atomic E-state index is -0.262. The van der Waals surface area contributed by atoms with Gasteiger partial charge in [0.2, 0.25) is 0 Å². The van der Waals surface area contributed by atoms with Crippen molar-refractivity contribution in [1.82, 2.24) is 4.57 Å². The molecule has 0 saturated carbocycles. The zero-order chi connectivity index (χ0) is 18.5. The van der Waals surface area contributed by atoms with Crippen molar-refractivity contribution in [2.24, 2.45) is 0 Å². The average molecular weight is 367 g/mol. The first kappa shape index (κ1) is 18.0. The van der Waals surface area contributed by atoms with Gasteiger partial charge in [-0.15, -0.1) is 0 Å². The van der Waals surface area contributed by atoms with E-state index in [0.717, 1.165) is 17.7 Å². The van der Waals surface area contributed by atoms with Crippen LogP contribution in [0.15, 0.2) is 71.7 Å². The molecular weight excluding hydrogens is 348 g/mol. The van der Waals surface area contributed by atoms with Gasteiger partial charge in [0.1, 0.15) is 0 Å². The standard InChI is InChI=1S/C21H19ClN2O2/c1-2-15-7-10-18(11-8-15)23-21(26)17-9-12-20(25)24(14-17)13-16-5-3-4-6-19(16)22/h3-12,14H,2,13H2,1H3,(H,23,26). The molecule has 132 valence electrons. The molecular formula is C21H19ClN2O2. The van der Waals surface area contributed by atoms with Crippen molar-refractivity contribution < 1.29 is 4.79 Å². The second kappa shape index (κ2) is 8.02. The van der Waals surface area contributed by atoms with Gasteiger partial charge in [-0.05, 0) is 41.8 Å². The number of amides is 1. The van der Waals surface area contributed by atoms with Gasteiger partial charge >= 0.3 is 0 Å². The van der Waals surface area contributed by atoms with E-state index in [0.29, 0.717) is 17.1 Å². The van der Waals surface area contributed by atoms with E-state index in [9.17, 15) is 9.59 Å². The van der Waals surface area contributed by atoms with Gasteiger partial charge in [0.05, 0.1) is 12.1 Å². The lowest BCUT2D eigenvalue weighted by molar-refractivity contribution is 0.102. The molecule has 1 N–H and O–H groups in total. The third kappa shape index (κ3) is 4.21. The summed E-state index contributed by atoms with van der Waals surface area (Å²) in [5, 5.41) is 3.44. The van der Waals surface area contributed by atoms with E-state index in [1.807, 2.05) is 42.5 Å². The fourth-order valence-electron chi connectivity index (χ4n) is 2.63. The topological polar surface area (TPSA) is 51.1 Å². The summed E-state index contributed by atoms with van der Waals surface area (Å²) in [7, 11) is 0. The van der Waals surface area contributed by atoms with E-state index >= 15 is 0 Å². The van der Waals surface area contributed by atoms with Gasteiger partial charge in [-0.1, -0.05) is 48.9 Å². The Morgan fingerprint density at radius 2 is 1.77 bits per heavy atom. The predicted molar refractivity (Wildman–Crippen MR) is 105 cm³/mol. The highest BCUT2D eigenvalue weighted by Crippen LogP contribution is 2.16. The van der Waals surface area contributed by atoms with Gasteiger partial charge < -0.3 is 9.88 Å². The van der Waals surface area contributed by atoms with Gasteiger partial charge in [0.25, 0.3) is 11.5 Å². The third-order valence-electron chi connectivity index (χ3n) is 4.16. The zero-order valence-electron chi connectivity index (χ0n) is 14.4. The normalized spacial score (nSPS) is 10.5. The van der Waals surface area contributed by atoms with Gasteiger partial charge in [0, 0.05) is 23.0 Å². The number of carbonyl (C=O) groups excluding carboxylic acids is 1. The summed E-state index contributed by atoms with van der Waals surface area (Å²) in [6.07, 6.45) is 2.50. The van der Waals surface area contributed by atoms with Crippen LogP contribution < -0.4 is 10.9 Å². The number of benzene rings is 2. The first-order chi connectivity index (χ1) is 12.6. The highest BCUT2D eigenvalue weighted by molar-refractivity contribution is 6.31. The summed E-state index contributed by atoms with van der Waals surface area (Å²) >= 11 is 6.17. The average Bonchev–Trinajstić information content (AvgIpc) is 2.66. The van der Waals surface area contributed by atoms with Crippen LogP contribution in [-0.4, -0.2) is 10.5 Å². The Hall–Kier alpha value is -2.85. The molecule has 3 aromatic rings. The first-order valence-electron chi connectivity index (χ1n) is 8.41. The van der Waals surface area contributed by atoms with Crippen molar-refractivity contribution >= 4 is 23.2 Å². The number of hydrogen-bond donors (Lipinski definition) is 1. The van der Waals surface area contributed by atoms with Crippen LogP contribution >= 0.6 is 11.6 Å². The summed E-state index contributed by atoms with van der Waals surface area (Å²) in [6, 6.07) is 18.0. The second-order valence-corrected chi connectivity index (χ2v) is 6.39. The molecule has 5 heteroatoms. The van der Waals surface area contributed by atoms with Crippen LogP contribution in [0.4, 0.5) is 5.69 Å². The van der Waals surface area contributed by atoms with Crippen LogP contribution in [0.5, 0.6) is 0 Å². The van der Waals surface area contributed by atoms with Crippen molar-refractivity contribution in [3.8, 4) is 0 Å². The van der Waals surface area contributed by atoms with Crippen molar-refractivity contribution in [3.63, 3.8) is 0 Å². The molecule has 1 amide bonds. The predicted octanol–water partition coefficient (Wildman–Crippen LogP) is 4.36. The Labute approximate surface area is 157 Å². The molecule has 0 bridgehead atoms. The molecule has 0 saturated heterocycles. The number of carbonyl (C=O) groups is 1. The van der Waals surface area contributed by atoms with Crippen LogP contribution in [0.3, 0.4) is 0 Å². The number of rotatable bonds is 5. The van der Waals surface area contributed by atoms with E-state index in [1.54, 1.807) is 12.3 Å². The summed E-state index contributed by atoms with van der Waals surface area (Å²) < 4.78 is 1.48. The van der Waals surface area contributed by atoms with E-state index in [1.165, 1.54) is 22.3 Å². The van der Waals surface area contributed by atoms with Crippen molar-refractivity contribution in [3.05, 3.63) is 98.9 Å². The van der Waals surface area contributed by atoms with E-state index in [4.69, 9.17) is 11.6 Å². The minimum absolute atomic E-state index is 0.186. The Balaban J connectivity index is 1.80. The maximum Gasteiger partial charge on any atom is 0.257 e. The fourth-order valence-corrected chi connectivity index (χ4v) is 2.82. The van der Waals surface area contributed by atoms with E-state index in [-0.39, 0.29) is 11.5 Å². The first-order valence-corrected chi connectivity index (χ1v) is 8.79. The molecule has 0 aliphatic carbocycles. The number of nitrogens with zero attached hydrogens (tertiary/aromatic N) is 1. The summed E-state index contributed by atoms with van der Waals surface area (Å²) in [4.78, 5) is 24.6. The maximum absolute atomic E-state index is 12.5. The largest absolute Gasteiger partial charge is 0.322 e. The number of anilines is 1. The van der Waals surface area contributed by atoms with E-state index in [2.05, 4.69) is 12.2 Å². The van der Waals surface area contributed by atoms with E-state index < -0.39 is 0 Å². The van der Waals surface area contributed by atoms with Crippen LogP contribution in [-0.2, 0) is 13.0 Å². The van der Waals surface area contributed by atoms with Crippen molar-refractivity contribution in [2.45, 2.75) is 19.9 Å². The zero-order valence-corrected chi connectivity index (χ0v) is 15.2. The molecule has 0 fully saturated rings. The number of aryl methyl sites for hydroxylation is 1. The molecule has 0 aliphatic heterocycles. The molecule has 0 unspecified atom stereocenters. The molecule has 0 radical (unpaired) electrons. The lowest BCUT2D eigenvalue weighted by Crippen LogP contribution is -2.22. The number of halogens is 1. The molecule has 1 heterocycles. The fraction of sp³-hybridized carbons (Fsp3) is 0.143.